The van der Waals surface area contributed by atoms with Gasteiger partial charge in [0, 0.05) is 0 Å². The van der Waals surface area contributed by atoms with Crippen molar-refractivity contribution >= 4 is 11.9 Å². The Hall–Kier alpha value is -2.96. The van der Waals surface area contributed by atoms with Crippen LogP contribution >= 0.6 is 0 Å². The van der Waals surface area contributed by atoms with Gasteiger partial charge in [0.1, 0.15) is 13.2 Å². The van der Waals surface area contributed by atoms with Crippen LogP contribution in [-0.2, 0) is 0 Å². The van der Waals surface area contributed by atoms with E-state index in [4.69, 9.17) is 19.0 Å². The van der Waals surface area contributed by atoms with E-state index in [2.05, 4.69) is 5.32 Å². The van der Waals surface area contributed by atoms with Gasteiger partial charge in [0.25, 0.3) is 5.91 Å². The van der Waals surface area contributed by atoms with Gasteiger partial charge in [-0.1, -0.05) is 13.0 Å². The van der Waals surface area contributed by atoms with Gasteiger partial charge >= 0.3 is 5.97 Å². The van der Waals surface area contributed by atoms with Crippen molar-refractivity contribution in [2.24, 2.45) is 0 Å². The smallest absolute Gasteiger partial charge is 0.371 e. The van der Waals surface area contributed by atoms with Crippen molar-refractivity contribution in [3.8, 4) is 11.5 Å². The summed E-state index contributed by atoms with van der Waals surface area (Å²) < 4.78 is 16.1. The van der Waals surface area contributed by atoms with Gasteiger partial charge < -0.3 is 24.3 Å². The van der Waals surface area contributed by atoms with Crippen LogP contribution in [0.4, 0.5) is 0 Å². The number of ether oxygens (including phenoxy) is 2. The zero-order valence-electron chi connectivity index (χ0n) is 13.1. The van der Waals surface area contributed by atoms with Gasteiger partial charge in [-0.2, -0.15) is 0 Å². The monoisotopic (exact) mass is 331 g/mol. The summed E-state index contributed by atoms with van der Waals surface area (Å²) >= 11 is 0. The molecule has 0 radical (unpaired) electrons. The molecule has 0 aliphatic carbocycles. The predicted octanol–water partition coefficient (Wildman–Crippen LogP) is 2.63. The molecule has 1 aromatic heterocycles. The number of nitrogens with one attached hydrogen (secondary N) is 1. The fourth-order valence-electron chi connectivity index (χ4n) is 2.50. The molecule has 2 aromatic rings. The summed E-state index contributed by atoms with van der Waals surface area (Å²) in [4.78, 5) is 23.1. The Balaban J connectivity index is 1.76. The number of carbonyl (C=O) groups is 2. The summed E-state index contributed by atoms with van der Waals surface area (Å²) in [7, 11) is 0. The maximum absolute atomic E-state index is 12.3. The minimum absolute atomic E-state index is 0.0385. The second kappa shape index (κ2) is 6.66. The van der Waals surface area contributed by atoms with Gasteiger partial charge in [0.15, 0.2) is 17.3 Å². The van der Waals surface area contributed by atoms with Crippen LogP contribution < -0.4 is 14.8 Å². The molecule has 2 N–H and O–H groups in total. The average molecular weight is 331 g/mol. The fraction of sp³-hybridized carbons (Fsp3) is 0.294. The number of benzene rings is 1. The zero-order valence-corrected chi connectivity index (χ0v) is 13.1. The van der Waals surface area contributed by atoms with E-state index in [0.717, 1.165) is 5.56 Å². The molecule has 7 nitrogen and oxygen atoms in total. The molecular formula is C17H17NO6. The lowest BCUT2D eigenvalue weighted by molar-refractivity contribution is 0.0659. The largest absolute Gasteiger partial charge is 0.486 e. The molecule has 126 valence electrons. The molecule has 1 unspecified atom stereocenters. The number of hydrogen-bond acceptors (Lipinski definition) is 5. The van der Waals surface area contributed by atoms with Gasteiger partial charge in [-0.05, 0) is 36.2 Å². The van der Waals surface area contributed by atoms with Crippen LogP contribution in [-0.4, -0.2) is 30.2 Å². The fourth-order valence-corrected chi connectivity index (χ4v) is 2.50. The number of amides is 1. The Morgan fingerprint density at radius 2 is 1.83 bits per heavy atom. The molecule has 0 fully saturated rings. The maximum atomic E-state index is 12.3. The molecule has 0 saturated carbocycles. The first-order valence-corrected chi connectivity index (χ1v) is 7.62. The van der Waals surface area contributed by atoms with E-state index >= 15 is 0 Å². The number of furan rings is 1. The summed E-state index contributed by atoms with van der Waals surface area (Å²) in [6.07, 6.45) is 0.651. The predicted molar refractivity (Wildman–Crippen MR) is 83.6 cm³/mol. The topological polar surface area (TPSA) is 98.0 Å². The number of carboxylic acid groups (broad SMARTS) is 1. The van der Waals surface area contributed by atoms with Crippen molar-refractivity contribution in [1.29, 1.82) is 0 Å². The highest BCUT2D eigenvalue weighted by Gasteiger charge is 2.20. The first-order chi connectivity index (χ1) is 11.6. The van der Waals surface area contributed by atoms with Gasteiger partial charge in [0.05, 0.1) is 6.04 Å². The van der Waals surface area contributed by atoms with Gasteiger partial charge in [-0.25, -0.2) is 4.79 Å². The highest BCUT2D eigenvalue weighted by molar-refractivity contribution is 5.93. The van der Waals surface area contributed by atoms with E-state index in [-0.39, 0.29) is 17.6 Å². The second-order valence-electron chi connectivity index (χ2n) is 5.31. The third-order valence-electron chi connectivity index (χ3n) is 3.72. The van der Waals surface area contributed by atoms with Crippen LogP contribution in [0.25, 0.3) is 0 Å². The minimum atomic E-state index is -1.21. The minimum Gasteiger partial charge on any atom is -0.486 e. The lowest BCUT2D eigenvalue weighted by atomic mass is 10.0. The van der Waals surface area contributed by atoms with Crippen molar-refractivity contribution in [3.63, 3.8) is 0 Å². The van der Waals surface area contributed by atoms with E-state index < -0.39 is 11.9 Å². The van der Waals surface area contributed by atoms with Crippen LogP contribution in [0.3, 0.4) is 0 Å². The van der Waals surface area contributed by atoms with Crippen molar-refractivity contribution in [3.05, 3.63) is 47.4 Å². The van der Waals surface area contributed by atoms with Crippen molar-refractivity contribution in [2.75, 3.05) is 13.2 Å². The summed E-state index contributed by atoms with van der Waals surface area (Å²) in [5.41, 5.74) is 0.875. The Morgan fingerprint density at radius 3 is 2.50 bits per heavy atom. The van der Waals surface area contributed by atoms with Crippen molar-refractivity contribution in [1.82, 2.24) is 5.32 Å². The molecule has 24 heavy (non-hydrogen) atoms. The SMILES string of the molecule is CCC(NC(=O)c1ccc(C(=O)O)o1)c1ccc2c(c1)OCCO2. The average Bonchev–Trinajstić information content (AvgIpc) is 3.09. The number of carboxylic acids is 1. The molecule has 2 heterocycles. The molecule has 0 saturated heterocycles. The third-order valence-corrected chi connectivity index (χ3v) is 3.72. The number of hydrogen-bond donors (Lipinski definition) is 2. The summed E-state index contributed by atoms with van der Waals surface area (Å²) in [6.45, 7) is 2.95. The number of aromatic carboxylic acids is 1. The summed E-state index contributed by atoms with van der Waals surface area (Å²) in [6, 6.07) is 7.86. The van der Waals surface area contributed by atoms with E-state index in [0.29, 0.717) is 31.1 Å². The standard InChI is InChI=1S/C17H17NO6/c1-2-11(10-3-4-12-15(9-10)23-8-7-22-12)18-16(19)13-5-6-14(24-13)17(20)21/h3-6,9,11H,2,7-8H2,1H3,(H,18,19)(H,20,21). The van der Waals surface area contributed by atoms with Crippen LogP contribution in [0.5, 0.6) is 11.5 Å². The van der Waals surface area contributed by atoms with Crippen LogP contribution in [0, 0.1) is 0 Å². The quantitative estimate of drug-likeness (QED) is 0.874. The van der Waals surface area contributed by atoms with Crippen LogP contribution in [0.2, 0.25) is 0 Å². The molecule has 1 amide bonds. The third kappa shape index (κ3) is 3.19. The molecule has 1 aliphatic heterocycles. The molecule has 3 rings (SSSR count). The highest BCUT2D eigenvalue weighted by Crippen LogP contribution is 2.33. The van der Waals surface area contributed by atoms with Crippen LogP contribution in [0.15, 0.2) is 34.7 Å². The van der Waals surface area contributed by atoms with Gasteiger partial charge in [-0.15, -0.1) is 0 Å². The number of rotatable bonds is 5. The van der Waals surface area contributed by atoms with Gasteiger partial charge in [0.2, 0.25) is 5.76 Å². The first-order valence-electron chi connectivity index (χ1n) is 7.62. The Kier molecular flexibility index (Phi) is 4.41. The van der Waals surface area contributed by atoms with E-state index in [9.17, 15) is 9.59 Å². The molecular weight excluding hydrogens is 314 g/mol. The lowest BCUT2D eigenvalue weighted by Crippen LogP contribution is -2.28. The van der Waals surface area contributed by atoms with E-state index in [1.807, 2.05) is 25.1 Å². The molecule has 1 aromatic carbocycles. The number of fused-ring (bicyclic) bond motifs is 1. The van der Waals surface area contributed by atoms with Gasteiger partial charge in [-0.3, -0.25) is 4.79 Å². The highest BCUT2D eigenvalue weighted by atomic mass is 16.6. The summed E-state index contributed by atoms with van der Waals surface area (Å²) in [5.74, 6) is -0.658. The number of carbonyl (C=O) groups excluding carboxylic acids is 1. The lowest BCUT2D eigenvalue weighted by Gasteiger charge is -2.22. The molecule has 0 spiro atoms. The Bertz CT molecular complexity index is 766. The first kappa shape index (κ1) is 15.9. The summed E-state index contributed by atoms with van der Waals surface area (Å²) in [5, 5.41) is 11.7. The second-order valence-corrected chi connectivity index (χ2v) is 5.31. The van der Waals surface area contributed by atoms with E-state index in [1.54, 1.807) is 0 Å². The maximum Gasteiger partial charge on any atom is 0.371 e. The Labute approximate surface area is 138 Å². The zero-order chi connectivity index (χ0) is 17.1. The normalized spacial score (nSPS) is 14.0. The molecule has 0 bridgehead atoms. The van der Waals surface area contributed by atoms with E-state index in [1.165, 1.54) is 12.1 Å². The van der Waals surface area contributed by atoms with Crippen molar-refractivity contribution in [2.45, 2.75) is 19.4 Å². The van der Waals surface area contributed by atoms with Crippen LogP contribution in [0.1, 0.15) is 46.1 Å². The molecule has 1 aliphatic rings. The van der Waals surface area contributed by atoms with Crippen molar-refractivity contribution < 1.29 is 28.6 Å². The Morgan fingerprint density at radius 1 is 1.12 bits per heavy atom. The molecule has 1 atom stereocenters. The molecule has 7 heteroatoms.